The normalized spacial score (nSPS) is 17.5. The van der Waals surface area contributed by atoms with Crippen LogP contribution in [0.3, 0.4) is 0 Å². The number of aliphatic imine (C=N–C) groups is 2. The van der Waals surface area contributed by atoms with Gasteiger partial charge < -0.3 is 77.8 Å². The van der Waals surface area contributed by atoms with Gasteiger partial charge in [0.05, 0.1) is 42.7 Å². The lowest BCUT2D eigenvalue weighted by Gasteiger charge is -2.35. The topological polar surface area (TPSA) is 465 Å². The molecule has 2 rings (SSSR count). The number of nitrogens with zero attached hydrogens (tertiary/aromatic N) is 4. The van der Waals surface area contributed by atoms with Crippen LogP contribution in [0.4, 0.5) is 0 Å². The number of carbonyl (C=O) groups is 9. The van der Waals surface area contributed by atoms with Crippen molar-refractivity contribution in [3.8, 4) is 0 Å². The molecule has 2 aliphatic rings. The van der Waals surface area contributed by atoms with Crippen molar-refractivity contribution >= 4 is 64.7 Å². The van der Waals surface area contributed by atoms with Gasteiger partial charge in [-0.1, -0.05) is 0 Å². The quantitative estimate of drug-likeness (QED) is 0.0174. The maximum Gasteiger partial charge on any atom is 0.243 e. The smallest absolute Gasteiger partial charge is 0.243 e. The number of hydrogen-bond donors (Lipinski definition) is 14. The highest BCUT2D eigenvalue weighted by Crippen LogP contribution is 2.20. The predicted octanol–water partition coefficient (Wildman–Crippen LogP) is -7.71. The van der Waals surface area contributed by atoms with Crippen LogP contribution in [0.15, 0.2) is 9.98 Å². The first-order valence-corrected chi connectivity index (χ1v) is 22.7. The molecule has 2 saturated heterocycles. The molecule has 2 heterocycles. The summed E-state index contributed by atoms with van der Waals surface area (Å²) in [6.45, 7) is 2.96. The second-order valence-electron chi connectivity index (χ2n) is 17.7. The van der Waals surface area contributed by atoms with E-state index in [2.05, 4.69) is 41.9 Å². The van der Waals surface area contributed by atoms with E-state index in [0.29, 0.717) is 64.7 Å². The molecule has 0 saturated carbocycles. The Morgan fingerprint density at radius 1 is 0.574 bits per heavy atom. The lowest BCUT2D eigenvalue weighted by Crippen LogP contribution is -2.60. The molecule has 0 aromatic rings. The third kappa shape index (κ3) is 20.2. The molecule has 1 unspecified atom stereocenters. The zero-order valence-electron chi connectivity index (χ0n) is 39.6. The molecule has 0 bridgehead atoms. The summed E-state index contributed by atoms with van der Waals surface area (Å²) in [7, 11) is 3.09. The fraction of sp³-hybridized carbons (Fsp3) is 0.732. The molecular weight excluding hydrogens is 889 g/mol. The van der Waals surface area contributed by atoms with Crippen molar-refractivity contribution in [3.63, 3.8) is 0 Å². The number of amides is 6. The van der Waals surface area contributed by atoms with Gasteiger partial charge in [-0.25, -0.2) is 0 Å². The molecule has 27 heteroatoms. The van der Waals surface area contributed by atoms with Crippen LogP contribution in [0.25, 0.3) is 0 Å². The van der Waals surface area contributed by atoms with Gasteiger partial charge in [-0.05, 0) is 105 Å². The minimum Gasteiger partial charge on any atom is -0.370 e. The van der Waals surface area contributed by atoms with Crippen LogP contribution in [-0.4, -0.2) is 189 Å². The number of primary amides is 2. The Morgan fingerprint density at radius 3 is 1.34 bits per heavy atom. The first-order chi connectivity index (χ1) is 31.9. The number of guanidine groups is 2. The fourth-order valence-corrected chi connectivity index (χ4v) is 7.84. The number of nitrogens with two attached hydrogens (primary N) is 8. The highest BCUT2D eigenvalue weighted by Gasteiger charge is 2.39. The van der Waals surface area contributed by atoms with Crippen molar-refractivity contribution in [2.24, 2.45) is 55.9 Å². The van der Waals surface area contributed by atoms with E-state index in [0.717, 1.165) is 0 Å². The number of carbonyl (C=O) groups excluding carboxylic acids is 9. The van der Waals surface area contributed by atoms with Crippen LogP contribution in [0, 0.1) is 0 Å². The number of hydrogen-bond acceptors (Lipinski definition) is 17. The number of rotatable bonds is 31. The lowest BCUT2D eigenvalue weighted by atomic mass is 9.85. The standard InChI is InChI=1S/C41H76N18O9/c1-24(60)20-26(56-36(67)28(6-4-13-53-38(44)45)58(2)22-30(61)40(48)9-16-50-17-10-40)35(66)55-25(33(43)64)8-15-52-34(65)27(21-32(42)63)57-37(68)29(7-5-14-54-39(46)47)59(3)23-31(62)41(49)11-18-51-19-12-41/h25-29,50-51H,4-23,48-49H2,1-3H3,(H2,42,63)(H2,43,64)(H,52,65)(H,55,66)(H,56,67)(H,57,68)(H4,44,45,53)(H4,46,47,54)/t25?,26-,27-,28-,29-/m0/s1. The zero-order valence-corrected chi connectivity index (χ0v) is 39.6. The molecule has 2 aliphatic heterocycles. The van der Waals surface area contributed by atoms with Crippen LogP contribution in [-0.2, 0) is 43.2 Å². The van der Waals surface area contributed by atoms with Crippen molar-refractivity contribution in [1.82, 2.24) is 41.7 Å². The molecule has 0 aromatic heterocycles. The first kappa shape index (κ1) is 58.3. The SMILES string of the molecule is CC(=O)C[C@H](NC(=O)[C@H](CCCN=C(N)N)N(C)CC(=O)C1(N)CCNCC1)C(=O)NC(CCNC(=O)[C@H](CC(N)=O)NC(=O)[C@H](CCCN=C(N)N)N(C)CC(=O)C1(N)CCNCC1)C(N)=O. The Bertz CT molecular complexity index is 1830. The highest BCUT2D eigenvalue weighted by atomic mass is 16.2. The molecule has 68 heavy (non-hydrogen) atoms. The third-order valence-corrected chi connectivity index (χ3v) is 12.0. The summed E-state index contributed by atoms with van der Waals surface area (Å²) < 4.78 is 0. The highest BCUT2D eigenvalue weighted by molar-refractivity contribution is 5.97. The summed E-state index contributed by atoms with van der Waals surface area (Å²) in [5.41, 5.74) is 43.6. The van der Waals surface area contributed by atoms with Gasteiger partial charge in [0.1, 0.15) is 23.9 Å². The van der Waals surface area contributed by atoms with Crippen LogP contribution in [0.2, 0.25) is 0 Å². The van der Waals surface area contributed by atoms with Crippen molar-refractivity contribution in [2.75, 3.05) is 73.0 Å². The summed E-state index contributed by atoms with van der Waals surface area (Å²) in [4.78, 5) is 130. The van der Waals surface area contributed by atoms with E-state index in [1.165, 1.54) is 16.7 Å². The van der Waals surface area contributed by atoms with E-state index >= 15 is 0 Å². The van der Waals surface area contributed by atoms with Gasteiger partial charge in [0.25, 0.3) is 0 Å². The number of ketones is 3. The van der Waals surface area contributed by atoms with E-state index in [1.807, 2.05) is 0 Å². The summed E-state index contributed by atoms with van der Waals surface area (Å²) in [6.07, 6.45) is 1.02. The summed E-state index contributed by atoms with van der Waals surface area (Å²) in [6, 6.07) is -6.50. The maximum absolute atomic E-state index is 13.9. The minimum atomic E-state index is -1.51. The van der Waals surface area contributed by atoms with Gasteiger partial charge in [-0.3, -0.25) is 62.9 Å². The lowest BCUT2D eigenvalue weighted by molar-refractivity contribution is -0.135. The molecule has 0 radical (unpaired) electrons. The van der Waals surface area contributed by atoms with Gasteiger partial charge in [0, 0.05) is 26.1 Å². The Morgan fingerprint density at radius 2 is 0.971 bits per heavy atom. The fourth-order valence-electron chi connectivity index (χ4n) is 7.84. The molecule has 22 N–H and O–H groups in total. The van der Waals surface area contributed by atoms with Gasteiger partial charge in [0.15, 0.2) is 23.5 Å². The van der Waals surface area contributed by atoms with Crippen molar-refractivity contribution in [2.45, 2.75) is 119 Å². The van der Waals surface area contributed by atoms with Gasteiger partial charge in [0.2, 0.25) is 35.4 Å². The van der Waals surface area contributed by atoms with E-state index in [4.69, 9.17) is 45.9 Å². The number of piperidine rings is 2. The largest absolute Gasteiger partial charge is 0.370 e. The summed E-state index contributed by atoms with van der Waals surface area (Å²) in [5.74, 6) is -6.60. The molecule has 0 spiro atoms. The second-order valence-corrected chi connectivity index (χ2v) is 17.7. The molecule has 0 aromatic carbocycles. The molecule has 5 atom stereocenters. The van der Waals surface area contributed by atoms with Crippen LogP contribution in [0.5, 0.6) is 0 Å². The molecule has 384 valence electrons. The van der Waals surface area contributed by atoms with Gasteiger partial charge >= 0.3 is 0 Å². The summed E-state index contributed by atoms with van der Waals surface area (Å²) in [5, 5.41) is 16.4. The Labute approximate surface area is 396 Å². The number of likely N-dealkylation sites (N-methyl/N-ethyl adjacent to an activating group) is 2. The van der Waals surface area contributed by atoms with E-state index < -0.39 is 95.4 Å². The van der Waals surface area contributed by atoms with Crippen LogP contribution < -0.4 is 77.8 Å². The molecule has 6 amide bonds. The Kier molecular flexibility index (Phi) is 24.4. The Hall–Kier alpha value is -5.87. The third-order valence-electron chi connectivity index (χ3n) is 12.0. The predicted molar refractivity (Wildman–Crippen MR) is 252 cm³/mol. The van der Waals surface area contributed by atoms with Crippen LogP contribution in [0.1, 0.15) is 77.6 Å². The number of Topliss-reactive ketones (excluding diaryl/α,β-unsaturated/α-hetero) is 3. The van der Waals surface area contributed by atoms with Gasteiger partial charge in [-0.15, -0.1) is 0 Å². The molecular formula is C41H76N18O9. The maximum atomic E-state index is 13.9. The zero-order chi connectivity index (χ0) is 51.2. The number of nitrogens with one attached hydrogen (secondary N) is 6. The van der Waals surface area contributed by atoms with Crippen LogP contribution >= 0.6 is 0 Å². The monoisotopic (exact) mass is 965 g/mol. The average molecular weight is 965 g/mol. The molecule has 27 nitrogen and oxygen atoms in total. The van der Waals surface area contributed by atoms with Crippen molar-refractivity contribution < 1.29 is 43.2 Å². The van der Waals surface area contributed by atoms with Crippen molar-refractivity contribution in [1.29, 1.82) is 0 Å². The van der Waals surface area contributed by atoms with Gasteiger partial charge in [-0.2, -0.15) is 0 Å². The first-order valence-electron chi connectivity index (χ1n) is 22.7. The second kappa shape index (κ2) is 28.5. The van der Waals surface area contributed by atoms with E-state index in [1.54, 1.807) is 14.1 Å². The average Bonchev–Trinajstić information content (AvgIpc) is 3.25. The minimum absolute atomic E-state index is 0.129. The Balaban J connectivity index is 2.20. The van der Waals surface area contributed by atoms with E-state index in [9.17, 15) is 43.2 Å². The molecule has 0 aliphatic carbocycles. The van der Waals surface area contributed by atoms with Crippen molar-refractivity contribution in [3.05, 3.63) is 0 Å². The van der Waals surface area contributed by atoms with E-state index in [-0.39, 0.29) is 75.5 Å². The summed E-state index contributed by atoms with van der Waals surface area (Å²) >= 11 is 0. The molecule has 2 fully saturated rings.